The maximum atomic E-state index is 14.2. The molecule has 0 aliphatic heterocycles. The lowest BCUT2D eigenvalue weighted by Gasteiger charge is -2.21. The largest absolute Gasteiger partial charge is 0.407 e. The summed E-state index contributed by atoms with van der Waals surface area (Å²) < 4.78 is 83.2. The summed E-state index contributed by atoms with van der Waals surface area (Å²) in [6.45, 7) is 1.98. The molecule has 198 valence electrons. The van der Waals surface area contributed by atoms with Crippen molar-refractivity contribution < 1.29 is 30.8 Å². The van der Waals surface area contributed by atoms with Crippen LogP contribution in [0.15, 0.2) is 41.4 Å². The molecule has 2 fully saturated rings. The summed E-state index contributed by atoms with van der Waals surface area (Å²) in [6, 6.07) is 7.78. The Morgan fingerprint density at radius 2 is 1.95 bits per heavy atom. The minimum atomic E-state index is -4.71. The molecule has 3 aromatic rings. The quantitative estimate of drug-likeness (QED) is 0.422. The van der Waals surface area contributed by atoms with Gasteiger partial charge in [-0.2, -0.15) is 17.9 Å². The van der Waals surface area contributed by atoms with E-state index in [1.807, 2.05) is 23.6 Å². The minimum absolute atomic E-state index is 0.176. The van der Waals surface area contributed by atoms with Crippen molar-refractivity contribution in [3.63, 3.8) is 0 Å². The topological polar surface area (TPSA) is 107 Å². The summed E-state index contributed by atoms with van der Waals surface area (Å²) >= 11 is 0. The van der Waals surface area contributed by atoms with E-state index in [1.54, 1.807) is 10.8 Å². The second-order valence-corrected chi connectivity index (χ2v) is 11.5. The number of nitrogens with zero attached hydrogens (tertiary/aromatic N) is 2. The first-order valence-electron chi connectivity index (χ1n) is 12.0. The number of hydrogen-bond acceptors (Lipinski definition) is 4. The van der Waals surface area contributed by atoms with E-state index < -0.39 is 38.7 Å². The van der Waals surface area contributed by atoms with Gasteiger partial charge in [0.05, 0.1) is 17.0 Å². The predicted molar refractivity (Wildman–Crippen MR) is 129 cm³/mol. The van der Waals surface area contributed by atoms with E-state index in [0.717, 1.165) is 24.2 Å². The number of pyridine rings is 1. The van der Waals surface area contributed by atoms with Crippen molar-refractivity contribution in [1.82, 2.24) is 14.3 Å². The standard InChI is InChI=1S/C25H26F4N4O3S/c1-2-14-3-7-18-20(11-14)33(16-5-4-15(26)12-16)22(21(18)23(30)34)19-8-6-17(13-31-19)37(35,36)32-24(9-10-24)25(27,28)29/h3,6-8,11,13,15-16,32H,2,4-5,9-10,12H2,1H3,(H2,30,34). The van der Waals surface area contributed by atoms with Gasteiger partial charge < -0.3 is 10.3 Å². The number of hydrogen-bond donors (Lipinski definition) is 2. The number of carbonyl (C=O) groups is 1. The molecule has 2 atom stereocenters. The van der Waals surface area contributed by atoms with Crippen LogP contribution in [0.2, 0.25) is 0 Å². The molecule has 1 aromatic carbocycles. The van der Waals surface area contributed by atoms with Gasteiger partial charge in [0, 0.05) is 23.1 Å². The maximum Gasteiger partial charge on any atom is 0.407 e. The summed E-state index contributed by atoms with van der Waals surface area (Å²) in [6.07, 6.45) is -3.56. The molecule has 2 unspecified atom stereocenters. The number of amides is 1. The Hall–Kier alpha value is -2.99. The first-order chi connectivity index (χ1) is 17.4. The van der Waals surface area contributed by atoms with Crippen molar-refractivity contribution in [2.75, 3.05) is 0 Å². The molecule has 12 heteroatoms. The fourth-order valence-corrected chi connectivity index (χ4v) is 6.55. The Morgan fingerprint density at radius 1 is 1.22 bits per heavy atom. The molecule has 7 nitrogen and oxygen atoms in total. The van der Waals surface area contributed by atoms with Crippen molar-refractivity contribution in [2.45, 2.75) is 74.3 Å². The Kier molecular flexibility index (Phi) is 6.10. The number of carbonyl (C=O) groups excluding carboxylic acids is 1. The molecule has 2 aliphatic carbocycles. The van der Waals surface area contributed by atoms with Crippen LogP contribution in [-0.4, -0.2) is 41.8 Å². The number of aromatic nitrogens is 2. The van der Waals surface area contributed by atoms with E-state index in [4.69, 9.17) is 5.73 Å². The summed E-state index contributed by atoms with van der Waals surface area (Å²) in [4.78, 5) is 16.4. The van der Waals surface area contributed by atoms with Gasteiger partial charge in [-0.25, -0.2) is 12.8 Å². The van der Waals surface area contributed by atoms with Crippen molar-refractivity contribution in [1.29, 1.82) is 0 Å². The lowest BCUT2D eigenvalue weighted by atomic mass is 10.1. The molecule has 2 aromatic heterocycles. The van der Waals surface area contributed by atoms with Crippen molar-refractivity contribution in [3.05, 3.63) is 47.7 Å². The average molecular weight is 539 g/mol. The number of halogens is 4. The van der Waals surface area contributed by atoms with E-state index in [9.17, 15) is 30.8 Å². The lowest BCUT2D eigenvalue weighted by molar-refractivity contribution is -0.160. The number of primary amides is 1. The molecule has 0 spiro atoms. The summed E-state index contributed by atoms with van der Waals surface area (Å²) in [5.74, 6) is -0.723. The maximum absolute atomic E-state index is 14.2. The van der Waals surface area contributed by atoms with E-state index in [2.05, 4.69) is 4.98 Å². The number of benzene rings is 1. The Morgan fingerprint density at radius 3 is 2.46 bits per heavy atom. The zero-order chi connectivity index (χ0) is 26.8. The molecule has 2 aliphatic rings. The van der Waals surface area contributed by atoms with Gasteiger partial charge in [0.1, 0.15) is 16.6 Å². The molecular formula is C25H26F4N4O3S. The van der Waals surface area contributed by atoms with Crippen LogP contribution in [0.3, 0.4) is 0 Å². The molecule has 2 saturated carbocycles. The van der Waals surface area contributed by atoms with Gasteiger partial charge in [0.2, 0.25) is 10.0 Å². The van der Waals surface area contributed by atoms with E-state index >= 15 is 0 Å². The Bertz CT molecular complexity index is 1480. The van der Waals surface area contributed by atoms with Crippen LogP contribution < -0.4 is 10.5 Å². The second kappa shape index (κ2) is 8.80. The average Bonchev–Trinajstić information content (AvgIpc) is 3.37. The molecule has 0 saturated heterocycles. The summed E-state index contributed by atoms with van der Waals surface area (Å²) in [7, 11) is -4.51. The van der Waals surface area contributed by atoms with Gasteiger partial charge in [-0.15, -0.1) is 0 Å². The highest BCUT2D eigenvalue weighted by atomic mass is 32.2. The molecule has 3 N–H and O–H groups in total. The lowest BCUT2D eigenvalue weighted by Crippen LogP contribution is -2.47. The molecule has 2 heterocycles. The third-order valence-corrected chi connectivity index (χ3v) is 8.86. The van der Waals surface area contributed by atoms with Gasteiger partial charge in [0.15, 0.2) is 0 Å². The smallest absolute Gasteiger partial charge is 0.366 e. The number of fused-ring (bicyclic) bond motifs is 1. The third kappa shape index (κ3) is 4.39. The van der Waals surface area contributed by atoms with Crippen LogP contribution >= 0.6 is 0 Å². The van der Waals surface area contributed by atoms with Gasteiger partial charge in [-0.1, -0.05) is 19.1 Å². The molecule has 0 radical (unpaired) electrons. The van der Waals surface area contributed by atoms with Gasteiger partial charge in [-0.3, -0.25) is 9.78 Å². The second-order valence-electron chi connectivity index (χ2n) is 9.79. The predicted octanol–water partition coefficient (Wildman–Crippen LogP) is 4.80. The Balaban J connectivity index is 1.62. The SMILES string of the molecule is CCc1ccc2c(C(N)=O)c(-c3ccc(S(=O)(=O)NC4(C(F)(F)F)CC4)cn3)n(C3CCC(F)C3)c2c1. The molecule has 5 rings (SSSR count). The Labute approximate surface area is 211 Å². The van der Waals surface area contributed by atoms with Gasteiger partial charge >= 0.3 is 6.18 Å². The van der Waals surface area contributed by atoms with Crippen molar-refractivity contribution >= 4 is 26.8 Å². The highest BCUT2D eigenvalue weighted by Gasteiger charge is 2.65. The highest BCUT2D eigenvalue weighted by Crippen LogP contribution is 2.50. The van der Waals surface area contributed by atoms with Crippen LogP contribution in [0.1, 0.15) is 61.0 Å². The van der Waals surface area contributed by atoms with Crippen molar-refractivity contribution in [2.24, 2.45) is 5.73 Å². The number of aryl methyl sites for hydroxylation is 1. The van der Waals surface area contributed by atoms with E-state index in [1.165, 1.54) is 6.07 Å². The van der Waals surface area contributed by atoms with Gasteiger partial charge in [-0.05, 0) is 62.3 Å². The monoisotopic (exact) mass is 538 g/mol. The first kappa shape index (κ1) is 25.7. The zero-order valence-corrected chi connectivity index (χ0v) is 20.8. The van der Waals surface area contributed by atoms with Crippen LogP contribution in [0.5, 0.6) is 0 Å². The number of rotatable bonds is 7. The molecule has 0 bridgehead atoms. The number of nitrogens with two attached hydrogens (primary N) is 1. The highest BCUT2D eigenvalue weighted by molar-refractivity contribution is 7.89. The molecule has 37 heavy (non-hydrogen) atoms. The first-order valence-corrected chi connectivity index (χ1v) is 13.5. The summed E-state index contributed by atoms with van der Waals surface area (Å²) in [5.41, 5.74) is 5.74. The molecule has 1 amide bonds. The minimum Gasteiger partial charge on any atom is -0.366 e. The third-order valence-electron chi connectivity index (χ3n) is 7.34. The van der Waals surface area contributed by atoms with Gasteiger partial charge in [0.25, 0.3) is 5.91 Å². The van der Waals surface area contributed by atoms with Crippen LogP contribution in [-0.2, 0) is 16.4 Å². The number of nitrogens with one attached hydrogen (secondary N) is 1. The number of sulfonamides is 1. The van der Waals surface area contributed by atoms with Crippen LogP contribution in [0, 0.1) is 0 Å². The van der Waals surface area contributed by atoms with Crippen molar-refractivity contribution in [3.8, 4) is 11.4 Å². The number of alkyl halides is 4. The normalized spacial score (nSPS) is 21.4. The van der Waals surface area contributed by atoms with Crippen LogP contribution in [0.4, 0.5) is 17.6 Å². The summed E-state index contributed by atoms with van der Waals surface area (Å²) in [5, 5.41) is 0.572. The fraction of sp³-hybridized carbons (Fsp3) is 0.440. The molecular weight excluding hydrogens is 512 g/mol. The van der Waals surface area contributed by atoms with E-state index in [-0.39, 0.29) is 36.6 Å². The van der Waals surface area contributed by atoms with E-state index in [0.29, 0.717) is 29.4 Å². The zero-order valence-electron chi connectivity index (χ0n) is 20.0. The van der Waals surface area contributed by atoms with Crippen LogP contribution in [0.25, 0.3) is 22.3 Å². The fourth-order valence-electron chi connectivity index (χ4n) is 5.16.